The molecule has 0 bridgehead atoms. The Kier molecular flexibility index (Phi) is 7.75. The Balaban J connectivity index is 1.11. The maximum Gasteiger partial charge on any atom is 0.255 e. The van der Waals surface area contributed by atoms with Crippen molar-refractivity contribution in [1.82, 2.24) is 24.3 Å². The van der Waals surface area contributed by atoms with E-state index in [1.165, 1.54) is 40.7 Å². The molecule has 1 N–H and O–H groups in total. The highest BCUT2D eigenvalue weighted by atomic mass is 32.1. The van der Waals surface area contributed by atoms with E-state index in [9.17, 15) is 9.59 Å². The molecule has 2 amide bonds. The van der Waals surface area contributed by atoms with Crippen LogP contribution in [0.1, 0.15) is 76.2 Å². The summed E-state index contributed by atoms with van der Waals surface area (Å²) in [6, 6.07) is 10.1. The Hall–Kier alpha value is -4.33. The number of benzene rings is 2. The van der Waals surface area contributed by atoms with Gasteiger partial charge in [0.05, 0.1) is 18.6 Å². The summed E-state index contributed by atoms with van der Waals surface area (Å²) in [7, 11) is 0. The number of amides is 2. The smallest absolute Gasteiger partial charge is 0.255 e. The molecule has 0 saturated carbocycles. The SMILES string of the molecule is CC1CCN(Cc2ccc(C#Cc3cc(F)c4c(c3)C(=O)N(C(C(=O)Nc3nccs3)c3ncn5c3CCC5)C4)cc2)CC1. The number of nitrogens with zero attached hydrogens (tertiary/aromatic N) is 5. The average molecular weight is 609 g/mol. The van der Waals surface area contributed by atoms with Crippen molar-refractivity contribution in [2.75, 3.05) is 18.4 Å². The van der Waals surface area contributed by atoms with Crippen molar-refractivity contribution in [3.8, 4) is 11.8 Å². The van der Waals surface area contributed by atoms with Crippen molar-refractivity contribution >= 4 is 28.3 Å². The molecule has 8 nitrogen and oxygen atoms in total. The number of rotatable bonds is 6. The Morgan fingerprint density at radius 1 is 1.11 bits per heavy atom. The Morgan fingerprint density at radius 3 is 2.68 bits per heavy atom. The van der Waals surface area contributed by atoms with E-state index >= 15 is 4.39 Å². The van der Waals surface area contributed by atoms with Crippen LogP contribution in [0.4, 0.5) is 9.52 Å². The van der Waals surface area contributed by atoms with Crippen LogP contribution in [0.2, 0.25) is 0 Å². The number of hydrogen-bond acceptors (Lipinski definition) is 6. The zero-order valence-electron chi connectivity index (χ0n) is 24.6. The predicted octanol–water partition coefficient (Wildman–Crippen LogP) is 5.39. The van der Waals surface area contributed by atoms with Crippen LogP contribution in [0, 0.1) is 23.6 Å². The Bertz CT molecular complexity index is 1760. The van der Waals surface area contributed by atoms with E-state index in [0.29, 0.717) is 16.4 Å². The number of imidazole rings is 1. The minimum absolute atomic E-state index is 0.0344. The third kappa shape index (κ3) is 5.65. The van der Waals surface area contributed by atoms with E-state index in [4.69, 9.17) is 0 Å². The van der Waals surface area contributed by atoms with Gasteiger partial charge in [0.2, 0.25) is 0 Å². The normalized spacial score (nSPS) is 17.2. The van der Waals surface area contributed by atoms with E-state index in [1.807, 2.05) is 16.7 Å². The van der Waals surface area contributed by atoms with Gasteiger partial charge < -0.3 is 9.47 Å². The lowest BCUT2D eigenvalue weighted by Crippen LogP contribution is -2.38. The van der Waals surface area contributed by atoms with Crippen LogP contribution in [0.25, 0.3) is 0 Å². The van der Waals surface area contributed by atoms with Gasteiger partial charge in [-0.25, -0.2) is 14.4 Å². The molecular formula is C34H33FN6O2S. The lowest BCUT2D eigenvalue weighted by atomic mass is 9.99. The molecule has 2 aromatic carbocycles. The number of piperidine rings is 1. The van der Waals surface area contributed by atoms with E-state index in [-0.39, 0.29) is 17.7 Å². The zero-order chi connectivity index (χ0) is 30.2. The standard InChI is InChI=1S/C34H33FN6O2S/c1-22-10-14-39(15-11-22)19-24-7-4-23(5-8-24)6-9-25-17-26-27(28(35)18-25)20-41(33(26)43)31(32(42)38-34-36-12-16-44-34)30-29-3-2-13-40(29)21-37-30/h4-5,7-8,12,16-18,21-22,31H,2-3,10-11,13-15,19-20H2,1H3,(H,36,38,42). The van der Waals surface area contributed by atoms with Crippen LogP contribution in [0.5, 0.6) is 0 Å². The fourth-order valence-electron chi connectivity index (χ4n) is 6.39. The number of carbonyl (C=O) groups is 2. The highest BCUT2D eigenvalue weighted by Gasteiger charge is 2.42. The van der Waals surface area contributed by atoms with E-state index < -0.39 is 23.7 Å². The molecule has 3 aliphatic rings. The van der Waals surface area contributed by atoms with E-state index in [0.717, 1.165) is 56.2 Å². The average Bonchev–Trinajstić information content (AvgIpc) is 3.82. The first-order valence-corrected chi connectivity index (χ1v) is 16.0. The summed E-state index contributed by atoms with van der Waals surface area (Å²) in [6.07, 6.45) is 7.50. The Labute approximate surface area is 259 Å². The number of halogens is 1. The maximum atomic E-state index is 15.5. The van der Waals surface area contributed by atoms with Gasteiger partial charge in [0.25, 0.3) is 11.8 Å². The molecular weight excluding hydrogens is 575 g/mol. The molecule has 7 rings (SSSR count). The van der Waals surface area contributed by atoms with Crippen LogP contribution in [0.15, 0.2) is 54.3 Å². The first-order valence-electron chi connectivity index (χ1n) is 15.1. The molecule has 0 aliphatic carbocycles. The number of fused-ring (bicyclic) bond motifs is 2. The first kappa shape index (κ1) is 28.4. The number of nitrogens with one attached hydrogen (secondary N) is 1. The van der Waals surface area contributed by atoms with Gasteiger partial charge in [-0.2, -0.15) is 0 Å². The third-order valence-electron chi connectivity index (χ3n) is 8.88. The van der Waals surface area contributed by atoms with Crippen LogP contribution in [-0.2, 0) is 30.8 Å². The summed E-state index contributed by atoms with van der Waals surface area (Å²) >= 11 is 1.29. The van der Waals surface area contributed by atoms with Gasteiger partial charge in [-0.05, 0) is 74.5 Å². The molecule has 1 saturated heterocycles. The third-order valence-corrected chi connectivity index (χ3v) is 9.56. The molecule has 1 atom stereocenters. The molecule has 224 valence electrons. The zero-order valence-corrected chi connectivity index (χ0v) is 25.4. The summed E-state index contributed by atoms with van der Waals surface area (Å²) in [4.78, 5) is 40.1. The van der Waals surface area contributed by atoms with Crippen LogP contribution < -0.4 is 5.32 Å². The summed E-state index contributed by atoms with van der Waals surface area (Å²) in [5.74, 6) is 5.61. The minimum Gasteiger partial charge on any atom is -0.334 e. The van der Waals surface area contributed by atoms with Crippen molar-refractivity contribution in [3.63, 3.8) is 0 Å². The molecule has 1 unspecified atom stereocenters. The number of hydrogen-bond donors (Lipinski definition) is 1. The number of aryl methyl sites for hydroxylation is 1. The highest BCUT2D eigenvalue weighted by Crippen LogP contribution is 2.36. The van der Waals surface area contributed by atoms with Crippen molar-refractivity contribution in [2.24, 2.45) is 5.92 Å². The van der Waals surface area contributed by atoms with E-state index in [2.05, 4.69) is 51.1 Å². The largest absolute Gasteiger partial charge is 0.334 e. The maximum absolute atomic E-state index is 15.5. The molecule has 1 fully saturated rings. The molecule has 44 heavy (non-hydrogen) atoms. The molecule has 10 heteroatoms. The molecule has 4 aromatic rings. The number of carbonyl (C=O) groups excluding carboxylic acids is 2. The van der Waals surface area contributed by atoms with Gasteiger partial charge in [0, 0.05) is 52.6 Å². The van der Waals surface area contributed by atoms with Crippen molar-refractivity contribution in [3.05, 3.63) is 99.3 Å². The van der Waals surface area contributed by atoms with Crippen LogP contribution in [-0.4, -0.2) is 49.2 Å². The second-order valence-corrected chi connectivity index (χ2v) is 12.8. The molecule has 5 heterocycles. The van der Waals surface area contributed by atoms with Crippen LogP contribution in [0.3, 0.4) is 0 Å². The number of anilines is 1. The van der Waals surface area contributed by atoms with Crippen molar-refractivity contribution in [1.29, 1.82) is 0 Å². The number of likely N-dealkylation sites (tertiary alicyclic amines) is 1. The van der Waals surface area contributed by atoms with Gasteiger partial charge in [0.1, 0.15) is 5.82 Å². The van der Waals surface area contributed by atoms with Crippen LogP contribution >= 0.6 is 11.3 Å². The second-order valence-electron chi connectivity index (χ2n) is 11.9. The Morgan fingerprint density at radius 2 is 1.91 bits per heavy atom. The van der Waals surface area contributed by atoms with Gasteiger partial charge in [-0.15, -0.1) is 11.3 Å². The minimum atomic E-state index is -1.02. The number of thiazole rings is 1. The van der Waals surface area contributed by atoms with Gasteiger partial charge in [0.15, 0.2) is 11.2 Å². The van der Waals surface area contributed by atoms with Gasteiger partial charge >= 0.3 is 0 Å². The molecule has 0 radical (unpaired) electrons. The monoisotopic (exact) mass is 608 g/mol. The molecule has 2 aromatic heterocycles. The molecule has 3 aliphatic heterocycles. The predicted molar refractivity (Wildman–Crippen MR) is 166 cm³/mol. The van der Waals surface area contributed by atoms with Gasteiger partial charge in [-0.1, -0.05) is 30.9 Å². The fraction of sp³-hybridized carbons (Fsp3) is 0.353. The highest BCUT2D eigenvalue weighted by molar-refractivity contribution is 7.13. The van der Waals surface area contributed by atoms with Crippen molar-refractivity contribution in [2.45, 2.75) is 58.3 Å². The van der Waals surface area contributed by atoms with E-state index in [1.54, 1.807) is 24.0 Å². The van der Waals surface area contributed by atoms with Gasteiger partial charge in [-0.3, -0.25) is 19.8 Å². The first-order chi connectivity index (χ1) is 21.4. The summed E-state index contributed by atoms with van der Waals surface area (Å²) in [5.41, 5.74) is 4.42. The summed E-state index contributed by atoms with van der Waals surface area (Å²) in [6.45, 7) is 6.28. The topological polar surface area (TPSA) is 83.4 Å². The fourth-order valence-corrected chi connectivity index (χ4v) is 6.92. The lowest BCUT2D eigenvalue weighted by Gasteiger charge is -2.30. The summed E-state index contributed by atoms with van der Waals surface area (Å²) < 4.78 is 17.5. The number of aromatic nitrogens is 3. The summed E-state index contributed by atoms with van der Waals surface area (Å²) in [5, 5.41) is 5.02. The lowest BCUT2D eigenvalue weighted by molar-refractivity contribution is -0.121. The van der Waals surface area contributed by atoms with Crippen molar-refractivity contribution < 1.29 is 14.0 Å². The molecule has 0 spiro atoms. The second kappa shape index (κ2) is 12.0. The quantitative estimate of drug-likeness (QED) is 0.297.